The molecule has 3 aromatic rings. The van der Waals surface area contributed by atoms with Crippen molar-refractivity contribution in [3.63, 3.8) is 0 Å². The molecular formula is C17H13FeN. The maximum Gasteiger partial charge on any atom is 2.00 e. The summed E-state index contributed by atoms with van der Waals surface area (Å²) >= 11 is 0. The van der Waals surface area contributed by atoms with Gasteiger partial charge in [0.05, 0.1) is 5.69 Å². The largest absolute Gasteiger partial charge is 2.00 e. The fourth-order valence-electron chi connectivity index (χ4n) is 1.35. The van der Waals surface area contributed by atoms with Gasteiger partial charge >= 0.3 is 17.1 Å². The minimum Gasteiger partial charge on any atom is -0.259 e. The molecule has 0 unspecified atom stereocenters. The first-order valence-electron chi connectivity index (χ1n) is 5.76. The number of pyridine rings is 1. The van der Waals surface area contributed by atoms with Crippen molar-refractivity contribution < 1.29 is 17.1 Å². The zero-order valence-corrected chi connectivity index (χ0v) is 11.4. The summed E-state index contributed by atoms with van der Waals surface area (Å²) < 4.78 is 0. The van der Waals surface area contributed by atoms with Crippen LogP contribution >= 0.6 is 0 Å². The zero-order chi connectivity index (χ0) is 12.5. The Balaban J connectivity index is 0.000000256. The Hall–Kier alpha value is -2.07. The maximum absolute atomic E-state index is 4.10. The van der Waals surface area contributed by atoms with Crippen LogP contribution in [0, 0.1) is 11.8 Å². The molecule has 0 bridgehead atoms. The Morgan fingerprint density at radius 1 is 0.947 bits per heavy atom. The van der Waals surface area contributed by atoms with Crippen LogP contribution in [0.4, 0.5) is 0 Å². The van der Waals surface area contributed by atoms with Gasteiger partial charge in [-0.2, -0.15) is 42.2 Å². The van der Waals surface area contributed by atoms with Crippen molar-refractivity contribution >= 4 is 0 Å². The second-order valence-electron chi connectivity index (χ2n) is 3.60. The first-order valence-corrected chi connectivity index (χ1v) is 5.76. The summed E-state index contributed by atoms with van der Waals surface area (Å²) in [7, 11) is 0. The fourth-order valence-corrected chi connectivity index (χ4v) is 1.35. The van der Waals surface area contributed by atoms with E-state index in [9.17, 15) is 0 Å². The molecule has 0 fully saturated rings. The van der Waals surface area contributed by atoms with Crippen LogP contribution in [0.1, 0.15) is 11.3 Å². The van der Waals surface area contributed by atoms with Crippen LogP contribution < -0.4 is 0 Å². The molecule has 0 aliphatic rings. The maximum atomic E-state index is 4.10. The third-order valence-electron chi connectivity index (χ3n) is 2.22. The monoisotopic (exact) mass is 287 g/mol. The Morgan fingerprint density at radius 2 is 1.68 bits per heavy atom. The van der Waals surface area contributed by atoms with Gasteiger partial charge in [0.1, 0.15) is 0 Å². The van der Waals surface area contributed by atoms with Crippen molar-refractivity contribution in [1.29, 1.82) is 0 Å². The number of aromatic nitrogens is 1. The van der Waals surface area contributed by atoms with E-state index in [1.165, 1.54) is 0 Å². The summed E-state index contributed by atoms with van der Waals surface area (Å²) in [6.45, 7) is 0. The first-order chi connectivity index (χ1) is 8.95. The van der Waals surface area contributed by atoms with Gasteiger partial charge in [-0.15, -0.1) is 12.1 Å². The van der Waals surface area contributed by atoms with E-state index in [4.69, 9.17) is 0 Å². The Labute approximate surface area is 124 Å². The molecule has 2 heteroatoms. The smallest absolute Gasteiger partial charge is 0.259 e. The number of nitrogens with zero attached hydrogens (tertiary/aromatic N) is 1. The Morgan fingerprint density at radius 3 is 2.21 bits per heavy atom. The molecule has 0 N–H and O–H groups in total. The molecule has 0 radical (unpaired) electrons. The van der Waals surface area contributed by atoms with Gasteiger partial charge in [0.2, 0.25) is 0 Å². The first kappa shape index (κ1) is 15.0. The standard InChI is InChI=1S/C12H8N.C5H5.Fe/c1-2-6-11(5-1)8-9-12-7-3-4-10-13-12;1-2-4-5-3-1;/h1-7,10H;1-5H;/q2*-1;+2. The van der Waals surface area contributed by atoms with Crippen molar-refractivity contribution in [3.8, 4) is 11.8 Å². The number of hydrogen-bond donors (Lipinski definition) is 0. The van der Waals surface area contributed by atoms with Crippen molar-refractivity contribution in [3.05, 3.63) is 90.3 Å². The minimum atomic E-state index is 0. The van der Waals surface area contributed by atoms with Crippen molar-refractivity contribution in [2.45, 2.75) is 0 Å². The van der Waals surface area contributed by atoms with E-state index in [1.807, 2.05) is 72.8 Å². The molecule has 0 saturated heterocycles. The van der Waals surface area contributed by atoms with Crippen molar-refractivity contribution in [2.24, 2.45) is 0 Å². The second kappa shape index (κ2) is 8.94. The molecule has 0 aliphatic heterocycles. The summed E-state index contributed by atoms with van der Waals surface area (Å²) in [5.74, 6) is 6.01. The van der Waals surface area contributed by atoms with E-state index in [0.717, 1.165) is 11.3 Å². The molecule has 1 nitrogen and oxygen atoms in total. The molecule has 3 rings (SSSR count). The van der Waals surface area contributed by atoms with Crippen molar-refractivity contribution in [1.82, 2.24) is 4.98 Å². The molecular weight excluding hydrogens is 274 g/mol. The van der Waals surface area contributed by atoms with Gasteiger partial charge in [-0.1, -0.05) is 11.6 Å². The fraction of sp³-hybridized carbons (Fsp3) is 0. The number of hydrogen-bond acceptors (Lipinski definition) is 1. The molecule has 2 aromatic carbocycles. The summed E-state index contributed by atoms with van der Waals surface area (Å²) in [6.07, 6.45) is 1.75. The topological polar surface area (TPSA) is 12.9 Å². The van der Waals surface area contributed by atoms with E-state index in [1.54, 1.807) is 6.20 Å². The van der Waals surface area contributed by atoms with Gasteiger partial charge < -0.3 is 0 Å². The van der Waals surface area contributed by atoms with Crippen LogP contribution in [0.2, 0.25) is 0 Å². The predicted molar refractivity (Wildman–Crippen MR) is 74.3 cm³/mol. The van der Waals surface area contributed by atoms with Gasteiger partial charge in [-0.05, 0) is 12.1 Å². The zero-order valence-electron chi connectivity index (χ0n) is 10.3. The minimum absolute atomic E-state index is 0. The molecule has 1 aromatic heterocycles. The average Bonchev–Trinajstić information content (AvgIpc) is 3.13. The average molecular weight is 287 g/mol. The summed E-state index contributed by atoms with van der Waals surface area (Å²) in [4.78, 5) is 4.10. The van der Waals surface area contributed by atoms with Gasteiger partial charge in [0.25, 0.3) is 0 Å². The summed E-state index contributed by atoms with van der Waals surface area (Å²) in [5.41, 5.74) is 1.84. The van der Waals surface area contributed by atoms with Gasteiger partial charge in [-0.25, -0.2) is 12.1 Å². The van der Waals surface area contributed by atoms with E-state index in [-0.39, 0.29) is 17.1 Å². The van der Waals surface area contributed by atoms with E-state index >= 15 is 0 Å². The molecule has 0 spiro atoms. The van der Waals surface area contributed by atoms with Gasteiger partial charge in [0.15, 0.2) is 0 Å². The van der Waals surface area contributed by atoms with Gasteiger partial charge in [0, 0.05) is 6.20 Å². The Bertz CT molecular complexity index is 567. The third kappa shape index (κ3) is 5.88. The van der Waals surface area contributed by atoms with Crippen LogP contribution in [0.15, 0.2) is 79.0 Å². The molecule has 94 valence electrons. The molecule has 0 aliphatic carbocycles. The molecule has 0 atom stereocenters. The van der Waals surface area contributed by atoms with E-state index in [0.29, 0.717) is 0 Å². The van der Waals surface area contributed by atoms with E-state index in [2.05, 4.69) is 16.8 Å². The Kier molecular flexibility index (Phi) is 7.05. The van der Waals surface area contributed by atoms with Crippen LogP contribution in [-0.2, 0) is 17.1 Å². The van der Waals surface area contributed by atoms with Crippen LogP contribution in [0.5, 0.6) is 0 Å². The van der Waals surface area contributed by atoms with Crippen LogP contribution in [0.3, 0.4) is 0 Å². The quantitative estimate of drug-likeness (QED) is 0.350. The summed E-state index contributed by atoms with van der Waals surface area (Å²) in [6, 6.07) is 23.6. The van der Waals surface area contributed by atoms with Crippen molar-refractivity contribution in [2.75, 3.05) is 0 Å². The SMILES string of the molecule is C(#C[c-]1cccc1)c1ccccn1.[Fe+2].c1cc[cH-]c1. The summed E-state index contributed by atoms with van der Waals surface area (Å²) in [5, 5.41) is 0. The van der Waals surface area contributed by atoms with Crippen LogP contribution in [-0.4, -0.2) is 4.98 Å². The predicted octanol–water partition coefficient (Wildman–Crippen LogP) is 3.60. The normalized spacial score (nSPS) is 8.21. The van der Waals surface area contributed by atoms with E-state index < -0.39 is 0 Å². The molecule has 0 saturated carbocycles. The van der Waals surface area contributed by atoms with Crippen LogP contribution in [0.25, 0.3) is 0 Å². The molecule has 0 amide bonds. The number of rotatable bonds is 0. The molecule has 1 heterocycles. The second-order valence-corrected chi connectivity index (χ2v) is 3.60. The third-order valence-corrected chi connectivity index (χ3v) is 2.22. The van der Waals surface area contributed by atoms with Gasteiger partial charge in [-0.3, -0.25) is 4.98 Å². The molecule has 19 heavy (non-hydrogen) atoms.